The van der Waals surface area contributed by atoms with Gasteiger partial charge in [0.05, 0.1) is 11.2 Å². The maximum Gasteiger partial charge on any atom is 0.248 e. The maximum atomic E-state index is 12.9. The molecular formula is C22H23N5O2. The molecule has 5 rings (SSSR count). The second kappa shape index (κ2) is 7.12. The summed E-state index contributed by atoms with van der Waals surface area (Å²) >= 11 is 0. The van der Waals surface area contributed by atoms with Crippen molar-refractivity contribution in [3.05, 3.63) is 54.0 Å². The van der Waals surface area contributed by atoms with E-state index in [1.165, 1.54) is 0 Å². The van der Waals surface area contributed by atoms with Gasteiger partial charge in [-0.2, -0.15) is 5.26 Å². The van der Waals surface area contributed by atoms with E-state index < -0.39 is 0 Å². The average molecular weight is 389 g/mol. The predicted octanol–water partition coefficient (Wildman–Crippen LogP) is 2.23. The van der Waals surface area contributed by atoms with Crippen LogP contribution in [0.1, 0.15) is 36.8 Å². The van der Waals surface area contributed by atoms with Crippen molar-refractivity contribution in [1.82, 2.24) is 14.9 Å². The van der Waals surface area contributed by atoms with Crippen molar-refractivity contribution >= 4 is 11.7 Å². The molecule has 0 spiro atoms. The van der Waals surface area contributed by atoms with E-state index in [4.69, 9.17) is 10.00 Å². The smallest absolute Gasteiger partial charge is 0.248 e. The van der Waals surface area contributed by atoms with Crippen LogP contribution in [0.4, 0.5) is 5.82 Å². The standard InChI is InChI=1S/C22H23N5O2/c23-11-16-1-4-20(25-12-16)27-18-2-3-19(27)14-26(13-18)21(28)15-29-22(7-8-22)17-5-9-24-10-6-17/h1,4-6,9-10,12,18-19H,2-3,7-8,13-15H2. The van der Waals surface area contributed by atoms with Crippen molar-refractivity contribution < 1.29 is 9.53 Å². The summed E-state index contributed by atoms with van der Waals surface area (Å²) in [7, 11) is 0. The number of amides is 1. The lowest BCUT2D eigenvalue weighted by Gasteiger charge is -2.41. The van der Waals surface area contributed by atoms with Gasteiger partial charge in [0.15, 0.2) is 0 Å². The number of nitriles is 1. The Balaban J connectivity index is 1.22. The second-order valence-electron chi connectivity index (χ2n) is 8.13. The molecule has 2 saturated heterocycles. The molecule has 0 radical (unpaired) electrons. The molecule has 0 aromatic carbocycles. The average Bonchev–Trinajstić information content (AvgIpc) is 3.52. The van der Waals surface area contributed by atoms with Crippen LogP contribution in [0.25, 0.3) is 0 Å². The molecule has 148 valence electrons. The van der Waals surface area contributed by atoms with Crippen LogP contribution in [0.3, 0.4) is 0 Å². The Morgan fingerprint density at radius 1 is 1.17 bits per heavy atom. The summed E-state index contributed by atoms with van der Waals surface area (Å²) < 4.78 is 6.09. The molecule has 2 aromatic rings. The Bertz CT molecular complexity index is 922. The van der Waals surface area contributed by atoms with Crippen LogP contribution >= 0.6 is 0 Å². The first-order valence-corrected chi connectivity index (χ1v) is 10.2. The molecule has 4 heterocycles. The van der Waals surface area contributed by atoms with Gasteiger partial charge in [-0.3, -0.25) is 9.78 Å². The number of rotatable bonds is 5. The highest BCUT2D eigenvalue weighted by Gasteiger charge is 2.47. The van der Waals surface area contributed by atoms with Gasteiger partial charge in [-0.25, -0.2) is 4.98 Å². The normalized spacial score (nSPS) is 24.2. The van der Waals surface area contributed by atoms with Gasteiger partial charge in [-0.15, -0.1) is 0 Å². The van der Waals surface area contributed by atoms with E-state index in [0.29, 0.717) is 18.7 Å². The quantitative estimate of drug-likeness (QED) is 0.780. The van der Waals surface area contributed by atoms with Gasteiger partial charge < -0.3 is 14.5 Å². The Kier molecular flexibility index (Phi) is 4.44. The Hall–Kier alpha value is -2.98. The Morgan fingerprint density at radius 3 is 2.48 bits per heavy atom. The van der Waals surface area contributed by atoms with E-state index in [2.05, 4.69) is 20.9 Å². The van der Waals surface area contributed by atoms with Crippen LogP contribution in [-0.2, 0) is 15.1 Å². The highest BCUT2D eigenvalue weighted by Crippen LogP contribution is 2.49. The summed E-state index contributed by atoms with van der Waals surface area (Å²) in [6.45, 7) is 1.52. The van der Waals surface area contributed by atoms with Gasteiger partial charge in [-0.05, 0) is 55.5 Å². The number of aromatic nitrogens is 2. The first kappa shape index (κ1) is 18.1. The minimum atomic E-state index is -0.300. The summed E-state index contributed by atoms with van der Waals surface area (Å²) in [6.07, 6.45) is 9.18. The molecule has 2 bridgehead atoms. The topological polar surface area (TPSA) is 82.4 Å². The van der Waals surface area contributed by atoms with E-state index in [9.17, 15) is 4.79 Å². The Morgan fingerprint density at radius 2 is 1.90 bits per heavy atom. The summed E-state index contributed by atoms with van der Waals surface area (Å²) in [5.41, 5.74) is 1.37. The van der Waals surface area contributed by atoms with Crippen LogP contribution in [-0.4, -0.2) is 52.6 Å². The van der Waals surface area contributed by atoms with Crippen LogP contribution in [0.5, 0.6) is 0 Å². The molecule has 7 nitrogen and oxygen atoms in total. The molecule has 0 N–H and O–H groups in total. The van der Waals surface area contributed by atoms with E-state index in [0.717, 1.165) is 37.1 Å². The van der Waals surface area contributed by atoms with E-state index in [1.54, 1.807) is 24.7 Å². The molecule has 2 aromatic heterocycles. The van der Waals surface area contributed by atoms with Gasteiger partial charge in [-0.1, -0.05) is 0 Å². The first-order chi connectivity index (χ1) is 14.2. The van der Waals surface area contributed by atoms with Gasteiger partial charge in [0.25, 0.3) is 0 Å². The van der Waals surface area contributed by atoms with Crippen molar-refractivity contribution in [2.75, 3.05) is 24.6 Å². The molecule has 7 heteroatoms. The molecule has 29 heavy (non-hydrogen) atoms. The molecule has 1 aliphatic carbocycles. The van der Waals surface area contributed by atoms with Crippen LogP contribution < -0.4 is 4.90 Å². The first-order valence-electron chi connectivity index (χ1n) is 10.2. The number of hydrogen-bond acceptors (Lipinski definition) is 6. The summed E-state index contributed by atoms with van der Waals surface area (Å²) in [5.74, 6) is 0.962. The number of nitrogens with zero attached hydrogens (tertiary/aromatic N) is 5. The third kappa shape index (κ3) is 3.34. The number of anilines is 1. The van der Waals surface area contributed by atoms with E-state index in [-0.39, 0.29) is 30.2 Å². The highest BCUT2D eigenvalue weighted by atomic mass is 16.5. The fraction of sp³-hybridized carbons (Fsp3) is 0.455. The van der Waals surface area contributed by atoms with E-state index >= 15 is 0 Å². The lowest BCUT2D eigenvalue weighted by Crippen LogP contribution is -2.56. The molecule has 2 aliphatic heterocycles. The lowest BCUT2D eigenvalue weighted by molar-refractivity contribution is -0.140. The van der Waals surface area contributed by atoms with Crippen molar-refractivity contribution in [1.29, 1.82) is 5.26 Å². The second-order valence-corrected chi connectivity index (χ2v) is 8.13. The zero-order valence-electron chi connectivity index (χ0n) is 16.2. The van der Waals surface area contributed by atoms with Gasteiger partial charge in [0.1, 0.15) is 18.5 Å². The summed E-state index contributed by atoms with van der Waals surface area (Å²) in [4.78, 5) is 25.7. The molecule has 1 saturated carbocycles. The number of piperazine rings is 1. The van der Waals surface area contributed by atoms with Gasteiger partial charge in [0.2, 0.25) is 5.91 Å². The number of fused-ring (bicyclic) bond motifs is 2. The van der Waals surface area contributed by atoms with Crippen molar-refractivity contribution in [2.24, 2.45) is 0 Å². The van der Waals surface area contributed by atoms with Crippen molar-refractivity contribution in [3.63, 3.8) is 0 Å². The van der Waals surface area contributed by atoms with Crippen molar-refractivity contribution in [2.45, 2.75) is 43.4 Å². The predicted molar refractivity (Wildman–Crippen MR) is 106 cm³/mol. The number of carbonyl (C=O) groups is 1. The molecule has 1 amide bonds. The number of pyridine rings is 2. The number of ether oxygens (including phenoxy) is 1. The molecular weight excluding hydrogens is 366 g/mol. The van der Waals surface area contributed by atoms with Crippen LogP contribution in [0.15, 0.2) is 42.9 Å². The molecule has 2 atom stereocenters. The monoisotopic (exact) mass is 389 g/mol. The SMILES string of the molecule is N#Cc1ccc(N2C3CCC2CN(C(=O)COC2(c4ccncc4)CC2)C3)nc1. The van der Waals surface area contributed by atoms with Crippen LogP contribution in [0, 0.1) is 11.3 Å². The number of likely N-dealkylation sites (tertiary alicyclic amines) is 1. The largest absolute Gasteiger partial charge is 0.360 e. The van der Waals surface area contributed by atoms with Crippen molar-refractivity contribution in [3.8, 4) is 6.07 Å². The summed E-state index contributed by atoms with van der Waals surface area (Å²) in [6, 6.07) is 10.3. The maximum absolute atomic E-state index is 12.9. The van der Waals surface area contributed by atoms with E-state index in [1.807, 2.05) is 23.1 Å². The third-order valence-electron chi connectivity index (χ3n) is 6.36. The highest BCUT2D eigenvalue weighted by molar-refractivity contribution is 5.78. The zero-order chi connectivity index (χ0) is 19.8. The number of carbonyl (C=O) groups excluding carboxylic acids is 1. The fourth-order valence-corrected chi connectivity index (χ4v) is 4.66. The zero-order valence-corrected chi connectivity index (χ0v) is 16.2. The van der Waals surface area contributed by atoms with Gasteiger partial charge >= 0.3 is 0 Å². The molecule has 3 fully saturated rings. The lowest BCUT2D eigenvalue weighted by atomic mass is 10.1. The van der Waals surface area contributed by atoms with Crippen LogP contribution in [0.2, 0.25) is 0 Å². The minimum absolute atomic E-state index is 0.0645. The summed E-state index contributed by atoms with van der Waals surface area (Å²) in [5, 5.41) is 8.97. The third-order valence-corrected chi connectivity index (χ3v) is 6.36. The Labute approximate surface area is 169 Å². The minimum Gasteiger partial charge on any atom is -0.360 e. The molecule has 3 aliphatic rings. The molecule has 2 unspecified atom stereocenters. The fourth-order valence-electron chi connectivity index (χ4n) is 4.66. The number of hydrogen-bond donors (Lipinski definition) is 0. The van der Waals surface area contributed by atoms with Gasteiger partial charge in [0, 0.05) is 43.8 Å².